The molecule has 1 rings (SSSR count). The molecule has 0 amide bonds. The predicted octanol–water partition coefficient (Wildman–Crippen LogP) is 1.54. The number of ether oxygens (including phenoxy) is 1. The predicted molar refractivity (Wildman–Crippen MR) is 58.8 cm³/mol. The van der Waals surface area contributed by atoms with E-state index in [-0.39, 0.29) is 11.3 Å². The summed E-state index contributed by atoms with van der Waals surface area (Å²) >= 11 is 0. The van der Waals surface area contributed by atoms with Crippen LogP contribution < -0.4 is 0 Å². The van der Waals surface area contributed by atoms with Crippen LogP contribution in [-0.4, -0.2) is 24.0 Å². The van der Waals surface area contributed by atoms with Gasteiger partial charge < -0.3 is 9.84 Å². The third kappa shape index (κ3) is 2.70. The van der Waals surface area contributed by atoms with Gasteiger partial charge in [-0.25, -0.2) is 4.79 Å². The summed E-state index contributed by atoms with van der Waals surface area (Å²) in [6.45, 7) is 1.27. The fourth-order valence-corrected chi connectivity index (χ4v) is 1.18. The van der Waals surface area contributed by atoms with E-state index in [2.05, 4.69) is 4.74 Å². The van der Waals surface area contributed by atoms with E-state index in [1.807, 2.05) is 0 Å². The number of rotatable bonds is 3. The van der Waals surface area contributed by atoms with Gasteiger partial charge in [-0.05, 0) is 19.1 Å². The SMILES string of the molecule is COC(=O)/C(=C/c1ccccc1O)C(C)=O. The first kappa shape index (κ1) is 12.0. The smallest absolute Gasteiger partial charge is 0.341 e. The van der Waals surface area contributed by atoms with Crippen molar-refractivity contribution in [2.45, 2.75) is 6.92 Å². The lowest BCUT2D eigenvalue weighted by atomic mass is 10.1. The van der Waals surface area contributed by atoms with E-state index in [9.17, 15) is 14.7 Å². The summed E-state index contributed by atoms with van der Waals surface area (Å²) in [6, 6.07) is 6.42. The standard InChI is InChI=1S/C12H12O4/c1-8(13)10(12(15)16-2)7-9-5-3-4-6-11(9)14/h3-7,14H,1-2H3/b10-7+. The summed E-state index contributed by atoms with van der Waals surface area (Å²) in [5, 5.41) is 9.49. The molecule has 0 spiro atoms. The number of methoxy groups -OCH3 is 1. The van der Waals surface area contributed by atoms with Crippen LogP contribution in [0, 0.1) is 0 Å². The van der Waals surface area contributed by atoms with Gasteiger partial charge in [-0.15, -0.1) is 0 Å². The molecule has 16 heavy (non-hydrogen) atoms. The molecular weight excluding hydrogens is 208 g/mol. The highest BCUT2D eigenvalue weighted by molar-refractivity contribution is 6.19. The molecule has 0 heterocycles. The number of ketones is 1. The highest BCUT2D eigenvalue weighted by Crippen LogP contribution is 2.19. The van der Waals surface area contributed by atoms with E-state index in [4.69, 9.17) is 0 Å². The average Bonchev–Trinajstić information content (AvgIpc) is 2.26. The van der Waals surface area contributed by atoms with Gasteiger partial charge >= 0.3 is 5.97 Å². The number of aromatic hydroxyl groups is 1. The number of hydrogen-bond acceptors (Lipinski definition) is 4. The summed E-state index contributed by atoms with van der Waals surface area (Å²) in [6.07, 6.45) is 1.31. The number of phenols is 1. The van der Waals surface area contributed by atoms with Crippen molar-refractivity contribution in [2.75, 3.05) is 7.11 Å². The highest BCUT2D eigenvalue weighted by atomic mass is 16.5. The zero-order chi connectivity index (χ0) is 12.1. The van der Waals surface area contributed by atoms with Crippen LogP contribution in [0.25, 0.3) is 6.08 Å². The molecule has 0 aliphatic carbocycles. The Morgan fingerprint density at radius 2 is 1.94 bits per heavy atom. The molecule has 4 nitrogen and oxygen atoms in total. The van der Waals surface area contributed by atoms with Crippen molar-refractivity contribution in [1.82, 2.24) is 0 Å². The van der Waals surface area contributed by atoms with Crippen LogP contribution >= 0.6 is 0 Å². The van der Waals surface area contributed by atoms with Crippen LogP contribution in [0.15, 0.2) is 29.8 Å². The maximum Gasteiger partial charge on any atom is 0.341 e. The zero-order valence-corrected chi connectivity index (χ0v) is 9.06. The van der Waals surface area contributed by atoms with Gasteiger partial charge in [0, 0.05) is 5.56 Å². The van der Waals surface area contributed by atoms with Gasteiger partial charge in [-0.3, -0.25) is 4.79 Å². The lowest BCUT2D eigenvalue weighted by Crippen LogP contribution is -2.11. The molecule has 0 fully saturated rings. The van der Waals surface area contributed by atoms with E-state index in [0.717, 1.165) is 0 Å². The Morgan fingerprint density at radius 3 is 2.44 bits per heavy atom. The van der Waals surface area contributed by atoms with Gasteiger partial charge in [0.2, 0.25) is 0 Å². The Morgan fingerprint density at radius 1 is 1.31 bits per heavy atom. The second kappa shape index (κ2) is 5.11. The van der Waals surface area contributed by atoms with Crippen molar-refractivity contribution in [3.63, 3.8) is 0 Å². The van der Waals surface area contributed by atoms with Crippen molar-refractivity contribution in [1.29, 1.82) is 0 Å². The molecule has 1 aromatic rings. The van der Waals surface area contributed by atoms with Crippen LogP contribution in [0.1, 0.15) is 12.5 Å². The maximum absolute atomic E-state index is 11.3. The first-order valence-corrected chi connectivity index (χ1v) is 4.65. The number of benzene rings is 1. The Balaban J connectivity index is 3.18. The molecule has 0 aromatic heterocycles. The number of carbonyl (C=O) groups excluding carboxylic acids is 2. The van der Waals surface area contributed by atoms with E-state index in [1.165, 1.54) is 26.2 Å². The third-order valence-corrected chi connectivity index (χ3v) is 2.02. The fourth-order valence-electron chi connectivity index (χ4n) is 1.18. The summed E-state index contributed by atoms with van der Waals surface area (Å²) in [5.41, 5.74) is 0.308. The molecule has 84 valence electrons. The van der Waals surface area contributed by atoms with Gasteiger partial charge in [0.05, 0.1) is 7.11 Å². The first-order valence-electron chi connectivity index (χ1n) is 4.65. The number of Topliss-reactive ketones (excluding diaryl/α,β-unsaturated/α-hetero) is 1. The van der Waals surface area contributed by atoms with Gasteiger partial charge in [0.25, 0.3) is 0 Å². The maximum atomic E-state index is 11.3. The Labute approximate surface area is 93.2 Å². The van der Waals surface area contributed by atoms with E-state index < -0.39 is 11.8 Å². The topological polar surface area (TPSA) is 63.6 Å². The molecule has 0 saturated heterocycles. The van der Waals surface area contributed by atoms with Crippen molar-refractivity contribution in [3.05, 3.63) is 35.4 Å². The lowest BCUT2D eigenvalue weighted by Gasteiger charge is -2.02. The number of para-hydroxylation sites is 1. The molecule has 0 unspecified atom stereocenters. The summed E-state index contributed by atoms with van der Waals surface area (Å²) in [5.74, 6) is -1.11. The molecule has 0 bridgehead atoms. The van der Waals surface area contributed by atoms with Crippen molar-refractivity contribution in [3.8, 4) is 5.75 Å². The number of carbonyl (C=O) groups is 2. The van der Waals surface area contributed by atoms with Gasteiger partial charge in [-0.2, -0.15) is 0 Å². The molecule has 0 atom stereocenters. The van der Waals surface area contributed by atoms with Crippen LogP contribution in [-0.2, 0) is 14.3 Å². The molecular formula is C12H12O4. The molecule has 0 saturated carbocycles. The Kier molecular flexibility index (Phi) is 3.83. The summed E-state index contributed by atoms with van der Waals surface area (Å²) in [4.78, 5) is 22.5. The first-order chi connectivity index (χ1) is 7.56. The molecule has 1 N–H and O–H groups in total. The van der Waals surface area contributed by atoms with Crippen LogP contribution in [0.5, 0.6) is 5.75 Å². The van der Waals surface area contributed by atoms with Crippen molar-refractivity contribution < 1.29 is 19.4 Å². The largest absolute Gasteiger partial charge is 0.507 e. The normalized spacial score (nSPS) is 11.0. The monoisotopic (exact) mass is 220 g/mol. The number of hydrogen-bond donors (Lipinski definition) is 1. The van der Waals surface area contributed by atoms with E-state index >= 15 is 0 Å². The molecule has 4 heteroatoms. The second-order valence-corrected chi connectivity index (χ2v) is 3.16. The molecule has 0 aliphatic heterocycles. The van der Waals surface area contributed by atoms with Crippen molar-refractivity contribution in [2.24, 2.45) is 0 Å². The second-order valence-electron chi connectivity index (χ2n) is 3.16. The Bertz CT molecular complexity index is 446. The molecule has 0 aliphatic rings. The molecule has 1 aromatic carbocycles. The van der Waals surface area contributed by atoms with Crippen LogP contribution in [0.4, 0.5) is 0 Å². The summed E-state index contributed by atoms with van der Waals surface area (Å²) < 4.78 is 4.48. The zero-order valence-electron chi connectivity index (χ0n) is 9.06. The minimum atomic E-state index is -0.712. The van der Waals surface area contributed by atoms with Crippen LogP contribution in [0.3, 0.4) is 0 Å². The number of phenolic OH excluding ortho intramolecular Hbond substituents is 1. The van der Waals surface area contributed by atoms with Crippen molar-refractivity contribution >= 4 is 17.8 Å². The third-order valence-electron chi connectivity index (χ3n) is 2.02. The fraction of sp³-hybridized carbons (Fsp3) is 0.167. The van der Waals surface area contributed by atoms with Crippen LogP contribution in [0.2, 0.25) is 0 Å². The van der Waals surface area contributed by atoms with Gasteiger partial charge in [-0.1, -0.05) is 18.2 Å². The van der Waals surface area contributed by atoms with Gasteiger partial charge in [0.15, 0.2) is 5.78 Å². The number of esters is 1. The average molecular weight is 220 g/mol. The Hall–Kier alpha value is -2.10. The molecule has 0 radical (unpaired) electrons. The lowest BCUT2D eigenvalue weighted by molar-refractivity contribution is -0.137. The van der Waals surface area contributed by atoms with Gasteiger partial charge in [0.1, 0.15) is 11.3 Å². The summed E-state index contributed by atoms with van der Waals surface area (Å²) in [7, 11) is 1.20. The minimum absolute atomic E-state index is 0.00477. The minimum Gasteiger partial charge on any atom is -0.507 e. The highest BCUT2D eigenvalue weighted by Gasteiger charge is 2.15. The van der Waals surface area contributed by atoms with E-state index in [1.54, 1.807) is 18.2 Å². The van der Waals surface area contributed by atoms with E-state index in [0.29, 0.717) is 5.56 Å². The quantitative estimate of drug-likeness (QED) is 0.363.